The van der Waals surface area contributed by atoms with Crippen LogP contribution in [0.2, 0.25) is 5.02 Å². The predicted molar refractivity (Wildman–Crippen MR) is 111 cm³/mol. The van der Waals surface area contributed by atoms with E-state index in [1.807, 2.05) is 6.07 Å². The summed E-state index contributed by atoms with van der Waals surface area (Å²) in [6.45, 7) is 0. The highest BCUT2D eigenvalue weighted by molar-refractivity contribution is 8.15. The topological polar surface area (TPSA) is 87.6 Å². The summed E-state index contributed by atoms with van der Waals surface area (Å²) in [5.41, 5.74) is 1.89. The van der Waals surface area contributed by atoms with E-state index in [1.165, 1.54) is 11.8 Å². The van der Waals surface area contributed by atoms with Gasteiger partial charge in [-0.15, -0.1) is 0 Å². The van der Waals surface area contributed by atoms with E-state index >= 15 is 0 Å². The molecule has 2 aliphatic rings. The van der Waals surface area contributed by atoms with Crippen molar-refractivity contribution < 1.29 is 13.2 Å². The number of rotatable bonds is 3. The Labute approximate surface area is 166 Å². The number of fused-ring (bicyclic) bond motifs is 1. The quantitative estimate of drug-likeness (QED) is 0.794. The highest BCUT2D eigenvalue weighted by atomic mass is 35.5. The van der Waals surface area contributed by atoms with Gasteiger partial charge in [0.1, 0.15) is 0 Å². The van der Waals surface area contributed by atoms with Gasteiger partial charge in [0, 0.05) is 27.2 Å². The van der Waals surface area contributed by atoms with Gasteiger partial charge in [0.05, 0.1) is 17.5 Å². The number of amides is 1. The van der Waals surface area contributed by atoms with Crippen LogP contribution in [0.5, 0.6) is 0 Å². The maximum absolute atomic E-state index is 12.4. The summed E-state index contributed by atoms with van der Waals surface area (Å²) in [4.78, 5) is 16.9. The Morgan fingerprint density at radius 2 is 1.89 bits per heavy atom. The van der Waals surface area contributed by atoms with Gasteiger partial charge in [-0.05, 0) is 42.5 Å². The third-order valence-electron chi connectivity index (χ3n) is 4.30. The average Bonchev–Trinajstić information content (AvgIpc) is 3.09. The first-order valence-corrected chi connectivity index (χ1v) is 11.3. The van der Waals surface area contributed by atoms with E-state index in [1.54, 1.807) is 42.5 Å². The van der Waals surface area contributed by atoms with Crippen LogP contribution in [0, 0.1) is 0 Å². The van der Waals surface area contributed by atoms with Crippen molar-refractivity contribution in [3.05, 3.63) is 59.1 Å². The van der Waals surface area contributed by atoms with Crippen LogP contribution < -0.4 is 10.6 Å². The molecule has 1 saturated heterocycles. The SMILES string of the molecule is O=C(Nc1ccc(Cl)cc1)c1cccc(NC2=N[C@@H]3CS(=O)(=O)C[C@H]3S2)c1. The lowest BCUT2D eigenvalue weighted by Crippen LogP contribution is -2.14. The number of hydrogen-bond acceptors (Lipinski definition) is 6. The molecule has 2 heterocycles. The Morgan fingerprint density at radius 3 is 2.63 bits per heavy atom. The second-order valence-electron chi connectivity index (χ2n) is 6.40. The normalized spacial score (nSPS) is 22.8. The third kappa shape index (κ3) is 4.28. The van der Waals surface area contributed by atoms with Gasteiger partial charge in [0.2, 0.25) is 0 Å². The molecule has 140 valence electrons. The number of nitrogens with zero attached hydrogens (tertiary/aromatic N) is 1. The first-order valence-electron chi connectivity index (χ1n) is 8.27. The van der Waals surface area contributed by atoms with Crippen LogP contribution in [0.4, 0.5) is 11.4 Å². The molecule has 27 heavy (non-hydrogen) atoms. The number of nitrogens with one attached hydrogen (secondary N) is 2. The van der Waals surface area contributed by atoms with Gasteiger partial charge in [0.15, 0.2) is 15.0 Å². The number of thioether (sulfide) groups is 1. The largest absolute Gasteiger partial charge is 0.335 e. The molecule has 0 radical (unpaired) electrons. The Hall–Kier alpha value is -2.03. The Balaban J connectivity index is 1.44. The molecule has 9 heteroatoms. The number of hydrogen-bond donors (Lipinski definition) is 2. The summed E-state index contributed by atoms with van der Waals surface area (Å²) in [5, 5.41) is 7.28. The second-order valence-corrected chi connectivity index (χ2v) is 10.2. The summed E-state index contributed by atoms with van der Waals surface area (Å²) in [5.74, 6) is 0.0462. The molecule has 6 nitrogen and oxygen atoms in total. The van der Waals surface area contributed by atoms with E-state index in [4.69, 9.17) is 11.6 Å². The monoisotopic (exact) mass is 421 g/mol. The smallest absolute Gasteiger partial charge is 0.255 e. The molecule has 2 N–H and O–H groups in total. The molecule has 2 atom stereocenters. The zero-order valence-corrected chi connectivity index (χ0v) is 16.4. The lowest BCUT2D eigenvalue weighted by atomic mass is 10.2. The zero-order chi connectivity index (χ0) is 19.0. The van der Waals surface area contributed by atoms with Crippen LogP contribution in [0.1, 0.15) is 10.4 Å². The molecule has 1 fully saturated rings. The lowest BCUT2D eigenvalue weighted by Gasteiger charge is -2.09. The van der Waals surface area contributed by atoms with Crippen molar-refractivity contribution in [3.8, 4) is 0 Å². The maximum Gasteiger partial charge on any atom is 0.255 e. The molecule has 2 aromatic rings. The third-order valence-corrected chi connectivity index (χ3v) is 7.69. The van der Waals surface area contributed by atoms with Crippen molar-refractivity contribution in [2.75, 3.05) is 22.1 Å². The molecule has 0 saturated carbocycles. The minimum atomic E-state index is -2.97. The number of sulfone groups is 1. The van der Waals surface area contributed by atoms with Crippen molar-refractivity contribution in [1.29, 1.82) is 0 Å². The van der Waals surface area contributed by atoms with Gasteiger partial charge in [-0.1, -0.05) is 29.4 Å². The molecule has 0 aromatic heterocycles. The molecule has 2 aliphatic heterocycles. The molecular weight excluding hydrogens is 406 g/mol. The van der Waals surface area contributed by atoms with Gasteiger partial charge in [-0.2, -0.15) is 0 Å². The van der Waals surface area contributed by atoms with E-state index in [-0.39, 0.29) is 28.7 Å². The van der Waals surface area contributed by atoms with Gasteiger partial charge in [-0.3, -0.25) is 9.79 Å². The van der Waals surface area contributed by atoms with Gasteiger partial charge < -0.3 is 10.6 Å². The van der Waals surface area contributed by atoms with Crippen molar-refractivity contribution in [2.24, 2.45) is 4.99 Å². The zero-order valence-electron chi connectivity index (χ0n) is 14.1. The number of carbonyl (C=O) groups is 1. The maximum atomic E-state index is 12.4. The second kappa shape index (κ2) is 7.18. The molecule has 0 unspecified atom stereocenters. The van der Waals surface area contributed by atoms with Crippen molar-refractivity contribution >= 4 is 55.6 Å². The highest BCUT2D eigenvalue weighted by Crippen LogP contribution is 2.34. The molecule has 1 amide bonds. The number of halogens is 1. The summed E-state index contributed by atoms with van der Waals surface area (Å²) in [6, 6.07) is 13.8. The van der Waals surface area contributed by atoms with Gasteiger partial charge >= 0.3 is 0 Å². The van der Waals surface area contributed by atoms with Gasteiger partial charge in [0.25, 0.3) is 5.91 Å². The van der Waals surface area contributed by atoms with E-state index in [0.29, 0.717) is 21.4 Å². The standard InChI is InChI=1S/C18H16ClN3O3S2/c19-12-4-6-13(7-5-12)20-17(23)11-2-1-3-14(8-11)21-18-22-15-9-27(24,25)10-16(15)26-18/h1-8,15-16H,9-10H2,(H,20,23)(H,21,22)/t15-,16-/m1/s1. The Kier molecular flexibility index (Phi) is 4.88. The van der Waals surface area contributed by atoms with Crippen LogP contribution in [0.15, 0.2) is 53.5 Å². The first kappa shape index (κ1) is 18.3. The van der Waals surface area contributed by atoms with Crippen molar-refractivity contribution in [1.82, 2.24) is 0 Å². The molecule has 2 aromatic carbocycles. The molecule has 4 rings (SSSR count). The summed E-state index contributed by atoms with van der Waals surface area (Å²) >= 11 is 7.29. The predicted octanol–water partition coefficient (Wildman–Crippen LogP) is 3.27. The highest BCUT2D eigenvalue weighted by Gasteiger charge is 2.42. The van der Waals surface area contributed by atoms with Crippen LogP contribution in [-0.4, -0.2) is 42.3 Å². The van der Waals surface area contributed by atoms with E-state index in [9.17, 15) is 13.2 Å². The Morgan fingerprint density at radius 1 is 1.11 bits per heavy atom. The summed E-state index contributed by atoms with van der Waals surface area (Å²) < 4.78 is 23.3. The van der Waals surface area contributed by atoms with Crippen LogP contribution in [0.3, 0.4) is 0 Å². The summed E-state index contributed by atoms with van der Waals surface area (Å²) in [6.07, 6.45) is 0. The molecule has 0 bridgehead atoms. The number of anilines is 2. The minimum absolute atomic E-state index is 0.0196. The number of benzene rings is 2. The first-order chi connectivity index (χ1) is 12.9. The van der Waals surface area contributed by atoms with Crippen molar-refractivity contribution in [3.63, 3.8) is 0 Å². The van der Waals surface area contributed by atoms with Crippen LogP contribution in [0.25, 0.3) is 0 Å². The number of aliphatic imine (C=N–C) groups is 1. The summed E-state index contributed by atoms with van der Waals surface area (Å²) in [7, 11) is -2.97. The number of carbonyl (C=O) groups excluding carboxylic acids is 1. The van der Waals surface area contributed by atoms with E-state index < -0.39 is 9.84 Å². The van der Waals surface area contributed by atoms with Crippen LogP contribution in [-0.2, 0) is 9.84 Å². The fourth-order valence-corrected chi connectivity index (χ4v) is 6.82. The Bertz CT molecular complexity index is 1020. The average molecular weight is 422 g/mol. The lowest BCUT2D eigenvalue weighted by molar-refractivity contribution is 0.102. The van der Waals surface area contributed by atoms with Gasteiger partial charge in [-0.25, -0.2) is 8.42 Å². The molecule has 0 spiro atoms. The fourth-order valence-electron chi connectivity index (χ4n) is 3.01. The van der Waals surface area contributed by atoms with Crippen LogP contribution >= 0.6 is 23.4 Å². The van der Waals surface area contributed by atoms with Crippen molar-refractivity contribution in [2.45, 2.75) is 11.3 Å². The minimum Gasteiger partial charge on any atom is -0.335 e. The van der Waals surface area contributed by atoms with E-state index in [0.717, 1.165) is 5.69 Å². The van der Waals surface area contributed by atoms with E-state index in [2.05, 4.69) is 15.6 Å². The molecule has 0 aliphatic carbocycles. The number of amidine groups is 1. The fraction of sp³-hybridized carbons (Fsp3) is 0.222. The molecular formula is C18H16ClN3O3S2.